The molecule has 1 aliphatic rings. The maximum atomic E-state index is 14.1. The standard InChI is InChI=1S/C29H34F3N6O6PS/c1-4-43-45(40,44-5-2)18-19-6-8-20(9-7-19)34-28-33-16-22(29(30,31)32)26(36-28)35-23-10-11-24(21-17-37(3)27(39)25(21)23)38-12-14-46(41,42)15-13-38/h6-11,16-17,39H,4-5,12-15,18H2,1-3H3,(H2,33,34,35,36). The predicted octanol–water partition coefficient (Wildman–Crippen LogP) is 6.18. The number of alkyl halides is 3. The van der Waals surface area contributed by atoms with Crippen molar-refractivity contribution in [2.75, 3.05) is 53.3 Å². The number of fused-ring (bicyclic) bond motifs is 1. The first-order chi connectivity index (χ1) is 21.7. The summed E-state index contributed by atoms with van der Waals surface area (Å²) >= 11 is 0. The van der Waals surface area contributed by atoms with Crippen LogP contribution in [0.5, 0.6) is 5.88 Å². The number of nitrogens with one attached hydrogen (secondary N) is 2. The lowest BCUT2D eigenvalue weighted by molar-refractivity contribution is -0.137. The van der Waals surface area contributed by atoms with Gasteiger partial charge in [-0.05, 0) is 43.7 Å². The summed E-state index contributed by atoms with van der Waals surface area (Å²) in [6, 6.07) is 9.85. The first-order valence-corrected chi connectivity index (χ1v) is 18.0. The second-order valence-electron chi connectivity index (χ2n) is 10.6. The molecular weight excluding hydrogens is 648 g/mol. The first-order valence-electron chi connectivity index (χ1n) is 14.4. The number of sulfone groups is 1. The topological polar surface area (TPSA) is 148 Å². The molecule has 0 bridgehead atoms. The molecule has 17 heteroatoms. The second kappa shape index (κ2) is 13.1. The van der Waals surface area contributed by atoms with E-state index in [9.17, 15) is 31.3 Å². The molecule has 12 nitrogen and oxygen atoms in total. The van der Waals surface area contributed by atoms with Gasteiger partial charge in [-0.2, -0.15) is 18.2 Å². The zero-order chi connectivity index (χ0) is 33.3. The summed E-state index contributed by atoms with van der Waals surface area (Å²) in [7, 11) is -4.88. The molecule has 5 rings (SSSR count). The van der Waals surface area contributed by atoms with E-state index in [4.69, 9.17) is 9.05 Å². The average Bonchev–Trinajstić information content (AvgIpc) is 3.28. The van der Waals surface area contributed by atoms with E-state index in [0.29, 0.717) is 28.5 Å². The molecule has 1 aliphatic heterocycles. The monoisotopic (exact) mass is 682 g/mol. The third kappa shape index (κ3) is 7.41. The van der Waals surface area contributed by atoms with E-state index < -0.39 is 35.0 Å². The summed E-state index contributed by atoms with van der Waals surface area (Å²) in [5.74, 6) is -0.913. The van der Waals surface area contributed by atoms with Crippen LogP contribution in [0.15, 0.2) is 48.8 Å². The molecule has 0 atom stereocenters. The van der Waals surface area contributed by atoms with Crippen LogP contribution in [0.2, 0.25) is 0 Å². The van der Waals surface area contributed by atoms with E-state index >= 15 is 0 Å². The Morgan fingerprint density at radius 1 is 1.02 bits per heavy atom. The summed E-state index contributed by atoms with van der Waals surface area (Å²) in [4.78, 5) is 9.87. The lowest BCUT2D eigenvalue weighted by Crippen LogP contribution is -2.40. The van der Waals surface area contributed by atoms with Crippen molar-refractivity contribution in [3.63, 3.8) is 0 Å². The van der Waals surface area contributed by atoms with E-state index in [0.717, 1.165) is 0 Å². The van der Waals surface area contributed by atoms with Crippen molar-refractivity contribution in [3.05, 3.63) is 59.9 Å². The predicted molar refractivity (Wildman–Crippen MR) is 170 cm³/mol. The number of aryl methyl sites for hydroxylation is 1. The van der Waals surface area contributed by atoms with Crippen molar-refractivity contribution >= 4 is 57.0 Å². The highest BCUT2D eigenvalue weighted by Crippen LogP contribution is 2.51. The van der Waals surface area contributed by atoms with Gasteiger partial charge in [-0.3, -0.25) is 4.57 Å². The van der Waals surface area contributed by atoms with E-state index in [2.05, 4.69) is 20.6 Å². The summed E-state index contributed by atoms with van der Waals surface area (Å²) in [5.41, 5.74) is 0.828. The van der Waals surface area contributed by atoms with Crippen molar-refractivity contribution in [2.45, 2.75) is 26.2 Å². The van der Waals surface area contributed by atoms with Crippen LogP contribution in [-0.2, 0) is 42.8 Å². The quantitative estimate of drug-likeness (QED) is 0.156. The molecule has 46 heavy (non-hydrogen) atoms. The Labute approximate surface area is 264 Å². The third-order valence-corrected chi connectivity index (χ3v) is 11.0. The summed E-state index contributed by atoms with van der Waals surface area (Å²) in [6.07, 6.45) is -2.45. The summed E-state index contributed by atoms with van der Waals surface area (Å²) < 4.78 is 91.1. The fourth-order valence-electron chi connectivity index (χ4n) is 5.19. The zero-order valence-corrected chi connectivity index (χ0v) is 27.0. The third-order valence-electron chi connectivity index (χ3n) is 7.37. The Hall–Kier alpha value is -3.85. The molecule has 0 aliphatic carbocycles. The number of hydrogen-bond donors (Lipinski definition) is 3. The van der Waals surface area contributed by atoms with Crippen LogP contribution in [0.1, 0.15) is 25.0 Å². The number of hydrogen-bond acceptors (Lipinski definition) is 11. The molecule has 0 spiro atoms. The van der Waals surface area contributed by atoms with Crippen LogP contribution in [0, 0.1) is 0 Å². The molecule has 4 aromatic rings. The maximum absolute atomic E-state index is 14.1. The van der Waals surface area contributed by atoms with Crippen molar-refractivity contribution < 1.29 is 40.3 Å². The van der Waals surface area contributed by atoms with Gasteiger partial charge >= 0.3 is 13.8 Å². The Morgan fingerprint density at radius 3 is 2.28 bits per heavy atom. The normalized spacial score (nSPS) is 15.3. The van der Waals surface area contributed by atoms with Gasteiger partial charge < -0.3 is 34.3 Å². The number of benzene rings is 2. The van der Waals surface area contributed by atoms with Gasteiger partial charge in [-0.25, -0.2) is 13.4 Å². The fourth-order valence-corrected chi connectivity index (χ4v) is 8.09. The maximum Gasteiger partial charge on any atom is 0.421 e. The van der Waals surface area contributed by atoms with Gasteiger partial charge in [-0.15, -0.1) is 0 Å². The van der Waals surface area contributed by atoms with Crippen LogP contribution >= 0.6 is 7.60 Å². The van der Waals surface area contributed by atoms with Crippen molar-refractivity contribution in [3.8, 4) is 5.88 Å². The molecule has 1 saturated heterocycles. The van der Waals surface area contributed by atoms with Crippen molar-refractivity contribution in [1.29, 1.82) is 0 Å². The molecule has 2 aromatic heterocycles. The largest absolute Gasteiger partial charge is 0.494 e. The number of nitrogens with zero attached hydrogens (tertiary/aromatic N) is 4. The highest BCUT2D eigenvalue weighted by Gasteiger charge is 2.36. The van der Waals surface area contributed by atoms with Gasteiger partial charge in [0.1, 0.15) is 11.4 Å². The van der Waals surface area contributed by atoms with Gasteiger partial charge in [-0.1, -0.05) is 12.1 Å². The van der Waals surface area contributed by atoms with Crippen LogP contribution in [0.3, 0.4) is 0 Å². The van der Waals surface area contributed by atoms with Gasteiger partial charge in [0.05, 0.1) is 42.0 Å². The minimum Gasteiger partial charge on any atom is -0.494 e. The number of halogens is 3. The van der Waals surface area contributed by atoms with Crippen LogP contribution in [0.4, 0.5) is 42.0 Å². The van der Waals surface area contributed by atoms with Gasteiger partial charge in [0, 0.05) is 49.3 Å². The lowest BCUT2D eigenvalue weighted by Gasteiger charge is -2.29. The molecule has 248 valence electrons. The summed E-state index contributed by atoms with van der Waals surface area (Å²) in [6.45, 7) is 4.39. The number of aromatic nitrogens is 3. The van der Waals surface area contributed by atoms with Crippen LogP contribution in [0.25, 0.3) is 10.8 Å². The number of aromatic hydroxyl groups is 1. The Balaban J connectivity index is 1.44. The average molecular weight is 683 g/mol. The molecule has 1 fully saturated rings. The van der Waals surface area contributed by atoms with Crippen molar-refractivity contribution in [1.82, 2.24) is 14.5 Å². The molecule has 0 saturated carbocycles. The van der Waals surface area contributed by atoms with E-state index in [1.54, 1.807) is 57.4 Å². The Morgan fingerprint density at radius 2 is 1.67 bits per heavy atom. The van der Waals surface area contributed by atoms with Crippen molar-refractivity contribution in [2.24, 2.45) is 7.05 Å². The molecular formula is C29H34F3N6O6PS. The van der Waals surface area contributed by atoms with Gasteiger partial charge in [0.25, 0.3) is 0 Å². The second-order valence-corrected chi connectivity index (χ2v) is 15.0. The summed E-state index contributed by atoms with van der Waals surface area (Å²) in [5, 5.41) is 17.3. The molecule has 0 unspecified atom stereocenters. The zero-order valence-electron chi connectivity index (χ0n) is 25.3. The van der Waals surface area contributed by atoms with Crippen LogP contribution < -0.4 is 15.5 Å². The highest BCUT2D eigenvalue weighted by molar-refractivity contribution is 7.91. The van der Waals surface area contributed by atoms with E-state index in [1.165, 1.54) is 10.6 Å². The molecule has 3 N–H and O–H groups in total. The fraction of sp³-hybridized carbons (Fsp3) is 0.379. The molecule has 2 aromatic carbocycles. The highest BCUT2D eigenvalue weighted by atomic mass is 32.2. The number of rotatable bonds is 11. The molecule has 3 heterocycles. The molecule has 0 radical (unpaired) electrons. The minimum absolute atomic E-state index is 0.0248. The van der Waals surface area contributed by atoms with Gasteiger partial charge in [0.2, 0.25) is 11.8 Å². The molecule has 0 amide bonds. The Bertz CT molecular complexity index is 1860. The van der Waals surface area contributed by atoms with E-state index in [1.807, 2.05) is 4.90 Å². The first kappa shape index (κ1) is 33.5. The van der Waals surface area contributed by atoms with Gasteiger partial charge in [0.15, 0.2) is 9.84 Å². The SMILES string of the molecule is CCOP(=O)(Cc1ccc(Nc2ncc(C(F)(F)F)c(Nc3ccc(N4CCS(=O)(=O)CC4)c4cn(C)c(O)c34)n2)cc1)OCC. The smallest absolute Gasteiger partial charge is 0.421 e. The minimum atomic E-state index is -4.80. The van der Waals surface area contributed by atoms with Crippen LogP contribution in [-0.4, -0.2) is 65.9 Å². The number of anilines is 5. The lowest BCUT2D eigenvalue weighted by atomic mass is 10.1. The Kier molecular flexibility index (Phi) is 9.55. The van der Waals surface area contributed by atoms with E-state index in [-0.39, 0.29) is 66.9 Å².